The average Bonchev–Trinajstić information content (AvgIpc) is 2.21. The molecular formula is C10H13F3N2. The number of benzene rings is 1. The SMILES string of the molecule is NCCc1cc(F)c(F)c(F)c1CCN. The van der Waals surface area contributed by atoms with E-state index in [4.69, 9.17) is 11.5 Å². The summed E-state index contributed by atoms with van der Waals surface area (Å²) in [5, 5.41) is 0. The molecule has 0 amide bonds. The fourth-order valence-corrected chi connectivity index (χ4v) is 1.47. The van der Waals surface area contributed by atoms with Crippen LogP contribution in [0, 0.1) is 17.5 Å². The maximum Gasteiger partial charge on any atom is 0.194 e. The lowest BCUT2D eigenvalue weighted by Crippen LogP contribution is -2.13. The second kappa shape index (κ2) is 5.14. The van der Waals surface area contributed by atoms with Gasteiger partial charge in [0.2, 0.25) is 0 Å². The Morgan fingerprint density at radius 3 is 2.07 bits per heavy atom. The monoisotopic (exact) mass is 218 g/mol. The van der Waals surface area contributed by atoms with E-state index < -0.39 is 17.5 Å². The van der Waals surface area contributed by atoms with Crippen LogP contribution in [0.1, 0.15) is 11.1 Å². The van der Waals surface area contributed by atoms with Gasteiger partial charge in [0.25, 0.3) is 0 Å². The van der Waals surface area contributed by atoms with Gasteiger partial charge in [-0.2, -0.15) is 0 Å². The van der Waals surface area contributed by atoms with Crippen LogP contribution in [0.25, 0.3) is 0 Å². The van der Waals surface area contributed by atoms with Gasteiger partial charge < -0.3 is 11.5 Å². The minimum absolute atomic E-state index is 0.127. The zero-order chi connectivity index (χ0) is 11.4. The van der Waals surface area contributed by atoms with E-state index in [0.717, 1.165) is 6.07 Å². The Labute approximate surface area is 86.1 Å². The molecule has 4 N–H and O–H groups in total. The van der Waals surface area contributed by atoms with Crippen LogP contribution in [-0.4, -0.2) is 13.1 Å². The van der Waals surface area contributed by atoms with Gasteiger partial charge in [-0.1, -0.05) is 0 Å². The van der Waals surface area contributed by atoms with Crippen molar-refractivity contribution in [1.29, 1.82) is 0 Å². The highest BCUT2D eigenvalue weighted by Gasteiger charge is 2.17. The lowest BCUT2D eigenvalue weighted by atomic mass is 10.0. The van der Waals surface area contributed by atoms with E-state index in [1.165, 1.54) is 0 Å². The van der Waals surface area contributed by atoms with E-state index in [2.05, 4.69) is 0 Å². The molecule has 0 spiro atoms. The van der Waals surface area contributed by atoms with Crippen molar-refractivity contribution in [3.63, 3.8) is 0 Å². The number of hydrogen-bond donors (Lipinski definition) is 2. The molecule has 84 valence electrons. The van der Waals surface area contributed by atoms with Crippen molar-refractivity contribution >= 4 is 0 Å². The highest BCUT2D eigenvalue weighted by molar-refractivity contribution is 5.31. The highest BCUT2D eigenvalue weighted by Crippen LogP contribution is 2.20. The molecule has 0 saturated heterocycles. The average molecular weight is 218 g/mol. The molecule has 5 heteroatoms. The Kier molecular flexibility index (Phi) is 4.11. The fraction of sp³-hybridized carbons (Fsp3) is 0.400. The molecule has 0 heterocycles. The molecule has 0 aliphatic carbocycles. The van der Waals surface area contributed by atoms with Gasteiger partial charge in [0, 0.05) is 0 Å². The van der Waals surface area contributed by atoms with Crippen molar-refractivity contribution < 1.29 is 13.2 Å². The van der Waals surface area contributed by atoms with E-state index >= 15 is 0 Å². The van der Waals surface area contributed by atoms with Crippen molar-refractivity contribution in [2.75, 3.05) is 13.1 Å². The Morgan fingerprint density at radius 2 is 1.53 bits per heavy atom. The quantitative estimate of drug-likeness (QED) is 0.744. The summed E-state index contributed by atoms with van der Waals surface area (Å²) in [6.07, 6.45) is 0.488. The third-order valence-electron chi connectivity index (χ3n) is 2.16. The van der Waals surface area contributed by atoms with Gasteiger partial charge in [0.05, 0.1) is 0 Å². The van der Waals surface area contributed by atoms with Crippen molar-refractivity contribution in [3.8, 4) is 0 Å². The first-order valence-corrected chi connectivity index (χ1v) is 4.67. The molecule has 0 bridgehead atoms. The Hall–Kier alpha value is -1.07. The summed E-state index contributed by atoms with van der Waals surface area (Å²) < 4.78 is 39.1. The summed E-state index contributed by atoms with van der Waals surface area (Å²) in [4.78, 5) is 0. The lowest BCUT2D eigenvalue weighted by molar-refractivity contribution is 0.438. The first kappa shape index (κ1) is 12.0. The molecule has 0 aliphatic rings. The standard InChI is InChI=1S/C10H13F3N2/c11-8-5-6(1-3-14)7(2-4-15)9(12)10(8)13/h5H,1-4,14-15H2. The zero-order valence-corrected chi connectivity index (χ0v) is 8.19. The van der Waals surface area contributed by atoms with Gasteiger partial charge in [0.15, 0.2) is 17.5 Å². The van der Waals surface area contributed by atoms with Crippen LogP contribution in [0.15, 0.2) is 6.07 Å². The highest BCUT2D eigenvalue weighted by atomic mass is 19.2. The van der Waals surface area contributed by atoms with E-state index in [9.17, 15) is 13.2 Å². The molecule has 0 atom stereocenters. The molecule has 1 aromatic rings. The van der Waals surface area contributed by atoms with E-state index in [1.807, 2.05) is 0 Å². The molecule has 1 rings (SSSR count). The van der Waals surface area contributed by atoms with Gasteiger partial charge >= 0.3 is 0 Å². The van der Waals surface area contributed by atoms with Gasteiger partial charge in [0.1, 0.15) is 0 Å². The Balaban J connectivity index is 3.23. The smallest absolute Gasteiger partial charge is 0.194 e. The van der Waals surface area contributed by atoms with Crippen LogP contribution in [-0.2, 0) is 12.8 Å². The number of nitrogens with two attached hydrogens (primary N) is 2. The van der Waals surface area contributed by atoms with E-state index in [0.29, 0.717) is 12.0 Å². The maximum atomic E-state index is 13.3. The van der Waals surface area contributed by atoms with E-state index in [1.54, 1.807) is 0 Å². The second-order valence-electron chi connectivity index (χ2n) is 3.20. The summed E-state index contributed by atoms with van der Waals surface area (Å²) in [6, 6.07) is 0.982. The topological polar surface area (TPSA) is 52.0 Å². The molecule has 0 unspecified atom stereocenters. The molecule has 2 nitrogen and oxygen atoms in total. The normalized spacial score (nSPS) is 10.7. The largest absolute Gasteiger partial charge is 0.330 e. The maximum absolute atomic E-state index is 13.3. The Bertz CT molecular complexity index is 353. The predicted octanol–water partition coefficient (Wildman–Crippen LogP) is 1.11. The van der Waals surface area contributed by atoms with Gasteiger partial charge in [-0.15, -0.1) is 0 Å². The number of halogens is 3. The molecule has 1 aromatic carbocycles. The summed E-state index contributed by atoms with van der Waals surface area (Å²) in [6.45, 7) is 0.432. The van der Waals surface area contributed by atoms with Crippen LogP contribution >= 0.6 is 0 Å². The van der Waals surface area contributed by atoms with Crippen LogP contribution < -0.4 is 11.5 Å². The molecular weight excluding hydrogens is 205 g/mol. The van der Waals surface area contributed by atoms with Gasteiger partial charge in [-0.05, 0) is 43.1 Å². The zero-order valence-electron chi connectivity index (χ0n) is 8.19. The first-order chi connectivity index (χ1) is 7.11. The summed E-state index contributed by atoms with van der Waals surface area (Å²) >= 11 is 0. The van der Waals surface area contributed by atoms with Gasteiger partial charge in [-0.3, -0.25) is 0 Å². The van der Waals surface area contributed by atoms with E-state index in [-0.39, 0.29) is 25.1 Å². The molecule has 0 fully saturated rings. The molecule has 0 radical (unpaired) electrons. The molecule has 0 saturated carbocycles. The minimum atomic E-state index is -1.45. The predicted molar refractivity (Wildman–Crippen MR) is 51.8 cm³/mol. The number of rotatable bonds is 4. The summed E-state index contributed by atoms with van der Waals surface area (Å²) in [5.74, 6) is -3.78. The van der Waals surface area contributed by atoms with Crippen LogP contribution in [0.3, 0.4) is 0 Å². The van der Waals surface area contributed by atoms with Crippen LogP contribution in [0.4, 0.5) is 13.2 Å². The molecule has 0 aliphatic heterocycles. The summed E-state index contributed by atoms with van der Waals surface area (Å²) in [7, 11) is 0. The second-order valence-corrected chi connectivity index (χ2v) is 3.20. The molecule has 15 heavy (non-hydrogen) atoms. The third-order valence-corrected chi connectivity index (χ3v) is 2.16. The van der Waals surface area contributed by atoms with Crippen molar-refractivity contribution in [2.45, 2.75) is 12.8 Å². The van der Waals surface area contributed by atoms with Crippen molar-refractivity contribution in [3.05, 3.63) is 34.6 Å². The lowest BCUT2D eigenvalue weighted by Gasteiger charge is -2.10. The van der Waals surface area contributed by atoms with Gasteiger partial charge in [-0.25, -0.2) is 13.2 Å². The van der Waals surface area contributed by atoms with Crippen LogP contribution in [0.5, 0.6) is 0 Å². The Morgan fingerprint density at radius 1 is 0.933 bits per heavy atom. The van der Waals surface area contributed by atoms with Crippen molar-refractivity contribution in [2.24, 2.45) is 11.5 Å². The van der Waals surface area contributed by atoms with Crippen molar-refractivity contribution in [1.82, 2.24) is 0 Å². The number of hydrogen-bond acceptors (Lipinski definition) is 2. The fourth-order valence-electron chi connectivity index (χ4n) is 1.47. The van der Waals surface area contributed by atoms with Crippen LogP contribution in [0.2, 0.25) is 0 Å². The first-order valence-electron chi connectivity index (χ1n) is 4.67. The minimum Gasteiger partial charge on any atom is -0.330 e. The molecule has 0 aromatic heterocycles. The third kappa shape index (κ3) is 2.49. The summed E-state index contributed by atoms with van der Waals surface area (Å²) in [5.41, 5.74) is 11.1.